The Morgan fingerprint density at radius 2 is 1.48 bits per heavy atom. The quantitative estimate of drug-likeness (QED) is 0.904. The maximum absolute atomic E-state index is 13.0. The fourth-order valence-corrected chi connectivity index (χ4v) is 3.53. The zero-order valence-corrected chi connectivity index (χ0v) is 14.8. The minimum atomic E-state index is -1.02. The van der Waals surface area contributed by atoms with Gasteiger partial charge in [0.05, 0.1) is 5.56 Å². The van der Waals surface area contributed by atoms with Gasteiger partial charge in [0.2, 0.25) is 0 Å². The van der Waals surface area contributed by atoms with Crippen molar-refractivity contribution >= 4 is 11.9 Å². The third kappa shape index (κ3) is 3.43. The first-order valence-corrected chi connectivity index (χ1v) is 8.65. The van der Waals surface area contributed by atoms with Crippen LogP contribution in [0.15, 0.2) is 42.5 Å². The molecule has 25 heavy (non-hydrogen) atoms. The summed E-state index contributed by atoms with van der Waals surface area (Å²) in [6.45, 7) is 6.09. The van der Waals surface area contributed by atoms with Crippen LogP contribution in [0.3, 0.4) is 0 Å². The molecular weight excluding hydrogens is 314 g/mol. The molecule has 1 amide bonds. The lowest BCUT2D eigenvalue weighted by Crippen LogP contribution is -2.38. The molecule has 1 saturated heterocycles. The van der Waals surface area contributed by atoms with Crippen LogP contribution in [0.5, 0.6) is 0 Å². The van der Waals surface area contributed by atoms with Crippen molar-refractivity contribution in [3.05, 3.63) is 59.2 Å². The summed E-state index contributed by atoms with van der Waals surface area (Å²) in [6, 6.07) is 13.1. The molecule has 0 aromatic heterocycles. The van der Waals surface area contributed by atoms with Crippen LogP contribution >= 0.6 is 0 Å². The maximum Gasteiger partial charge on any atom is 0.335 e. The summed E-state index contributed by atoms with van der Waals surface area (Å²) in [7, 11) is 0. The molecule has 0 saturated carbocycles. The molecule has 1 N–H and O–H groups in total. The fraction of sp³-hybridized carbons (Fsp3) is 0.333. The SMILES string of the molecule is Cc1ccc(-c2cc(C(=O)O)cc(C(=O)N3[C@H](C)CC[C@H]3C)c2)cc1. The van der Waals surface area contributed by atoms with Crippen molar-refractivity contribution in [1.29, 1.82) is 0 Å². The van der Waals surface area contributed by atoms with E-state index in [4.69, 9.17) is 0 Å². The second-order valence-electron chi connectivity index (χ2n) is 6.96. The Morgan fingerprint density at radius 3 is 2.04 bits per heavy atom. The largest absolute Gasteiger partial charge is 0.478 e. The minimum Gasteiger partial charge on any atom is -0.478 e. The number of carboxylic acids is 1. The number of benzene rings is 2. The lowest BCUT2D eigenvalue weighted by Gasteiger charge is -2.26. The Labute approximate surface area is 148 Å². The molecule has 1 aliphatic rings. The van der Waals surface area contributed by atoms with Crippen LogP contribution in [0.2, 0.25) is 0 Å². The van der Waals surface area contributed by atoms with Gasteiger partial charge in [0.1, 0.15) is 0 Å². The number of carbonyl (C=O) groups excluding carboxylic acids is 1. The lowest BCUT2D eigenvalue weighted by atomic mass is 9.98. The fourth-order valence-electron chi connectivity index (χ4n) is 3.53. The van der Waals surface area contributed by atoms with Crippen LogP contribution in [0.4, 0.5) is 0 Å². The van der Waals surface area contributed by atoms with Crippen LogP contribution < -0.4 is 0 Å². The number of amides is 1. The third-order valence-electron chi connectivity index (χ3n) is 5.00. The Balaban J connectivity index is 2.05. The van der Waals surface area contributed by atoms with E-state index >= 15 is 0 Å². The number of rotatable bonds is 3. The van der Waals surface area contributed by atoms with Gasteiger partial charge in [-0.3, -0.25) is 4.79 Å². The lowest BCUT2D eigenvalue weighted by molar-refractivity contribution is 0.0693. The number of likely N-dealkylation sites (tertiary alicyclic amines) is 1. The zero-order valence-electron chi connectivity index (χ0n) is 14.8. The molecule has 0 aliphatic carbocycles. The van der Waals surface area contributed by atoms with E-state index in [2.05, 4.69) is 0 Å². The first-order chi connectivity index (χ1) is 11.9. The molecule has 0 radical (unpaired) electrons. The van der Waals surface area contributed by atoms with Crippen molar-refractivity contribution in [3.63, 3.8) is 0 Å². The molecule has 2 aromatic rings. The van der Waals surface area contributed by atoms with Crippen LogP contribution in [-0.2, 0) is 0 Å². The highest BCUT2D eigenvalue weighted by atomic mass is 16.4. The van der Waals surface area contributed by atoms with E-state index in [1.165, 1.54) is 6.07 Å². The van der Waals surface area contributed by atoms with Crippen LogP contribution in [0.25, 0.3) is 11.1 Å². The second kappa shape index (κ2) is 6.71. The molecule has 1 heterocycles. The third-order valence-corrected chi connectivity index (χ3v) is 5.00. The molecule has 1 aliphatic heterocycles. The molecule has 4 heteroatoms. The van der Waals surface area contributed by atoms with Crippen LogP contribution in [0.1, 0.15) is 53.0 Å². The molecule has 0 unspecified atom stereocenters. The van der Waals surface area contributed by atoms with Gasteiger partial charge >= 0.3 is 5.97 Å². The predicted octanol–water partition coefficient (Wildman–Crippen LogP) is 4.37. The topological polar surface area (TPSA) is 57.6 Å². The highest BCUT2D eigenvalue weighted by Crippen LogP contribution is 2.28. The van der Waals surface area contributed by atoms with Crippen molar-refractivity contribution in [3.8, 4) is 11.1 Å². The molecule has 1 fully saturated rings. The van der Waals surface area contributed by atoms with Gasteiger partial charge < -0.3 is 10.0 Å². The number of carbonyl (C=O) groups is 2. The van der Waals surface area contributed by atoms with Gasteiger partial charge in [0.15, 0.2) is 0 Å². The van der Waals surface area contributed by atoms with Gasteiger partial charge in [-0.2, -0.15) is 0 Å². The van der Waals surface area contributed by atoms with Crippen molar-refractivity contribution < 1.29 is 14.7 Å². The van der Waals surface area contributed by atoms with E-state index in [9.17, 15) is 14.7 Å². The Hall–Kier alpha value is -2.62. The average molecular weight is 337 g/mol. The maximum atomic E-state index is 13.0. The Bertz CT molecular complexity index is 800. The monoisotopic (exact) mass is 337 g/mol. The van der Waals surface area contributed by atoms with E-state index in [1.54, 1.807) is 12.1 Å². The zero-order chi connectivity index (χ0) is 18.1. The number of aromatic carboxylic acids is 1. The van der Waals surface area contributed by atoms with E-state index in [0.29, 0.717) is 5.56 Å². The number of hydrogen-bond donors (Lipinski definition) is 1. The Morgan fingerprint density at radius 1 is 0.920 bits per heavy atom. The first kappa shape index (κ1) is 17.2. The van der Waals surface area contributed by atoms with Gasteiger partial charge in [-0.15, -0.1) is 0 Å². The first-order valence-electron chi connectivity index (χ1n) is 8.65. The molecule has 2 aromatic carbocycles. The summed E-state index contributed by atoms with van der Waals surface area (Å²) >= 11 is 0. The van der Waals surface area contributed by atoms with E-state index in [1.807, 2.05) is 49.9 Å². The summed E-state index contributed by atoms with van der Waals surface area (Å²) in [6.07, 6.45) is 1.96. The number of hydrogen-bond acceptors (Lipinski definition) is 2. The molecule has 3 rings (SSSR count). The van der Waals surface area contributed by atoms with Crippen molar-refractivity contribution in [2.45, 2.75) is 45.7 Å². The Kier molecular flexibility index (Phi) is 4.62. The van der Waals surface area contributed by atoms with Crippen molar-refractivity contribution in [1.82, 2.24) is 4.90 Å². The highest BCUT2D eigenvalue weighted by Gasteiger charge is 2.32. The molecule has 0 bridgehead atoms. The van der Waals surface area contributed by atoms with E-state index in [0.717, 1.165) is 29.5 Å². The van der Waals surface area contributed by atoms with Crippen molar-refractivity contribution in [2.24, 2.45) is 0 Å². The predicted molar refractivity (Wildman–Crippen MR) is 97.9 cm³/mol. The van der Waals surface area contributed by atoms with Gasteiger partial charge in [-0.1, -0.05) is 29.8 Å². The van der Waals surface area contributed by atoms with Gasteiger partial charge in [-0.05, 0) is 62.9 Å². The number of carboxylic acid groups (broad SMARTS) is 1. The van der Waals surface area contributed by atoms with E-state index in [-0.39, 0.29) is 23.6 Å². The van der Waals surface area contributed by atoms with Gasteiger partial charge in [-0.25, -0.2) is 4.79 Å². The summed E-state index contributed by atoms with van der Waals surface area (Å²) in [5.74, 6) is -1.11. The summed E-state index contributed by atoms with van der Waals surface area (Å²) in [4.78, 5) is 26.4. The van der Waals surface area contributed by atoms with Gasteiger partial charge in [0.25, 0.3) is 5.91 Å². The highest BCUT2D eigenvalue weighted by molar-refractivity contribution is 5.99. The molecular formula is C21H23NO3. The van der Waals surface area contributed by atoms with Gasteiger partial charge in [0, 0.05) is 17.6 Å². The number of nitrogens with zero attached hydrogens (tertiary/aromatic N) is 1. The molecule has 0 spiro atoms. The number of aryl methyl sites for hydroxylation is 1. The van der Waals surface area contributed by atoms with Crippen LogP contribution in [0, 0.1) is 6.92 Å². The molecule has 4 nitrogen and oxygen atoms in total. The van der Waals surface area contributed by atoms with Crippen molar-refractivity contribution in [2.75, 3.05) is 0 Å². The average Bonchev–Trinajstić information content (AvgIpc) is 2.93. The summed E-state index contributed by atoms with van der Waals surface area (Å²) in [5.41, 5.74) is 3.37. The van der Waals surface area contributed by atoms with E-state index < -0.39 is 5.97 Å². The molecule has 2 atom stereocenters. The summed E-state index contributed by atoms with van der Waals surface area (Å²) < 4.78 is 0. The smallest absolute Gasteiger partial charge is 0.335 e. The minimum absolute atomic E-state index is 0.0889. The summed E-state index contributed by atoms with van der Waals surface area (Å²) in [5, 5.41) is 9.45. The second-order valence-corrected chi connectivity index (χ2v) is 6.96. The normalized spacial score (nSPS) is 19.9. The standard InChI is InChI=1S/C21H23NO3/c1-13-4-8-16(9-5-13)17-10-18(12-19(11-17)21(24)25)20(23)22-14(2)6-7-15(22)3/h4-5,8-12,14-15H,6-7H2,1-3H3,(H,24,25)/t14-,15-/m1/s1. The molecule has 130 valence electrons. The van der Waals surface area contributed by atoms with Crippen LogP contribution in [-0.4, -0.2) is 34.0 Å².